The van der Waals surface area contributed by atoms with Gasteiger partial charge < -0.3 is 15.0 Å². The predicted octanol–water partition coefficient (Wildman–Crippen LogP) is 1.88. The zero-order valence-electron chi connectivity index (χ0n) is 12.6. The molecule has 0 bridgehead atoms. The highest BCUT2D eigenvalue weighted by atomic mass is 32.1. The normalized spacial score (nSPS) is 21.8. The minimum atomic E-state index is -0.987. The maximum atomic E-state index is 12.7. The van der Waals surface area contributed by atoms with Crippen molar-refractivity contribution in [3.63, 3.8) is 0 Å². The summed E-state index contributed by atoms with van der Waals surface area (Å²) in [4.78, 5) is 27.1. The Hall–Kier alpha value is -1.92. The van der Waals surface area contributed by atoms with E-state index in [0.29, 0.717) is 18.0 Å². The molecule has 116 valence electrons. The molecule has 3 rings (SSSR count). The van der Waals surface area contributed by atoms with Gasteiger partial charge in [0.25, 0.3) is 11.8 Å². The molecule has 1 saturated heterocycles. The Morgan fingerprint density at radius 2 is 2.14 bits per heavy atom. The monoisotopic (exact) mass is 318 g/mol. The van der Waals surface area contributed by atoms with Crippen molar-refractivity contribution in [3.05, 3.63) is 35.2 Å². The highest BCUT2D eigenvalue weighted by Gasteiger charge is 2.40. The molecule has 1 aliphatic rings. The third kappa shape index (κ3) is 2.60. The van der Waals surface area contributed by atoms with Crippen LogP contribution >= 0.6 is 11.3 Å². The third-order valence-corrected chi connectivity index (χ3v) is 5.01. The Labute approximate surface area is 132 Å². The van der Waals surface area contributed by atoms with E-state index in [2.05, 4.69) is 5.32 Å². The van der Waals surface area contributed by atoms with Crippen LogP contribution in [-0.4, -0.2) is 49.1 Å². The number of ether oxygens (including phenoxy) is 1. The van der Waals surface area contributed by atoms with E-state index in [9.17, 15) is 9.59 Å². The van der Waals surface area contributed by atoms with Crippen molar-refractivity contribution in [3.8, 4) is 0 Å². The van der Waals surface area contributed by atoms with Crippen molar-refractivity contribution in [1.29, 1.82) is 0 Å². The highest BCUT2D eigenvalue weighted by Crippen LogP contribution is 2.28. The second kappa shape index (κ2) is 5.70. The second-order valence-electron chi connectivity index (χ2n) is 5.53. The van der Waals surface area contributed by atoms with E-state index in [0.717, 1.165) is 10.1 Å². The third-order valence-electron chi connectivity index (χ3n) is 3.91. The Morgan fingerprint density at radius 1 is 1.36 bits per heavy atom. The second-order valence-corrected chi connectivity index (χ2v) is 6.62. The molecule has 1 fully saturated rings. The molecule has 2 amide bonds. The van der Waals surface area contributed by atoms with Gasteiger partial charge in [-0.3, -0.25) is 9.59 Å². The van der Waals surface area contributed by atoms with Gasteiger partial charge in [-0.1, -0.05) is 18.2 Å². The largest absolute Gasteiger partial charge is 0.362 e. The standard InChI is InChI=1S/C16H18N2O3S/c1-16(15(20)17-2)10-18(7-8-21-16)14(19)13-9-11-5-3-4-6-12(11)22-13/h3-6,9H,7-8,10H2,1-2H3,(H,17,20)/t16-/m0/s1. The number of amides is 2. The van der Waals surface area contributed by atoms with Gasteiger partial charge >= 0.3 is 0 Å². The number of morpholine rings is 1. The summed E-state index contributed by atoms with van der Waals surface area (Å²) in [7, 11) is 1.57. The summed E-state index contributed by atoms with van der Waals surface area (Å²) in [5.74, 6) is -0.249. The molecule has 2 aromatic rings. The Morgan fingerprint density at radius 3 is 2.86 bits per heavy atom. The van der Waals surface area contributed by atoms with Crippen molar-refractivity contribution < 1.29 is 14.3 Å². The first-order valence-electron chi connectivity index (χ1n) is 7.17. The van der Waals surface area contributed by atoms with E-state index >= 15 is 0 Å². The fraction of sp³-hybridized carbons (Fsp3) is 0.375. The summed E-state index contributed by atoms with van der Waals surface area (Å²) in [6, 6.07) is 9.83. The van der Waals surface area contributed by atoms with Crippen LogP contribution in [0.3, 0.4) is 0 Å². The number of nitrogens with one attached hydrogen (secondary N) is 1. The molecule has 1 aromatic carbocycles. The molecular weight excluding hydrogens is 300 g/mol. The zero-order valence-corrected chi connectivity index (χ0v) is 13.4. The molecule has 2 heterocycles. The molecule has 6 heteroatoms. The summed E-state index contributed by atoms with van der Waals surface area (Å²) in [6.45, 7) is 2.84. The zero-order chi connectivity index (χ0) is 15.7. The first-order chi connectivity index (χ1) is 10.5. The fourth-order valence-electron chi connectivity index (χ4n) is 2.69. The molecule has 1 N–H and O–H groups in total. The van der Waals surface area contributed by atoms with Gasteiger partial charge in [0.15, 0.2) is 5.60 Å². The number of nitrogens with zero attached hydrogens (tertiary/aromatic N) is 1. The van der Waals surface area contributed by atoms with E-state index in [1.54, 1.807) is 18.9 Å². The predicted molar refractivity (Wildman–Crippen MR) is 86.2 cm³/mol. The number of rotatable bonds is 2. The van der Waals surface area contributed by atoms with Gasteiger partial charge in [-0.2, -0.15) is 0 Å². The maximum absolute atomic E-state index is 12.7. The minimum Gasteiger partial charge on any atom is -0.362 e. The number of thiophene rings is 1. The number of benzene rings is 1. The van der Waals surface area contributed by atoms with Crippen LogP contribution < -0.4 is 5.32 Å². The molecule has 0 unspecified atom stereocenters. The van der Waals surface area contributed by atoms with Gasteiger partial charge in [0, 0.05) is 18.3 Å². The lowest BCUT2D eigenvalue weighted by molar-refractivity contribution is -0.153. The quantitative estimate of drug-likeness (QED) is 0.920. The molecule has 0 spiro atoms. The molecule has 1 aliphatic heterocycles. The van der Waals surface area contributed by atoms with Crippen LogP contribution in [0.4, 0.5) is 0 Å². The lowest BCUT2D eigenvalue weighted by Gasteiger charge is -2.38. The topological polar surface area (TPSA) is 58.6 Å². The number of carbonyl (C=O) groups is 2. The average Bonchev–Trinajstić information content (AvgIpc) is 2.97. The van der Waals surface area contributed by atoms with Gasteiger partial charge in [0.05, 0.1) is 18.0 Å². The Balaban J connectivity index is 1.83. The van der Waals surface area contributed by atoms with E-state index in [1.807, 2.05) is 30.3 Å². The van der Waals surface area contributed by atoms with Gasteiger partial charge in [-0.05, 0) is 24.4 Å². The van der Waals surface area contributed by atoms with E-state index in [4.69, 9.17) is 4.74 Å². The lowest BCUT2D eigenvalue weighted by atomic mass is 10.0. The first kappa shape index (κ1) is 15.0. The van der Waals surface area contributed by atoms with Crippen LogP contribution in [0.15, 0.2) is 30.3 Å². The Bertz CT molecular complexity index is 694. The summed E-state index contributed by atoms with van der Waals surface area (Å²) < 4.78 is 6.68. The molecule has 0 saturated carbocycles. The molecule has 0 aliphatic carbocycles. The Kier molecular flexibility index (Phi) is 3.88. The SMILES string of the molecule is CNC(=O)[C@]1(C)CN(C(=O)c2cc3ccccc3s2)CCO1. The number of fused-ring (bicyclic) bond motifs is 1. The average molecular weight is 318 g/mol. The van der Waals surface area contributed by atoms with Crippen LogP contribution in [0.2, 0.25) is 0 Å². The van der Waals surface area contributed by atoms with Crippen molar-refractivity contribution in [2.45, 2.75) is 12.5 Å². The molecule has 5 nitrogen and oxygen atoms in total. The first-order valence-corrected chi connectivity index (χ1v) is 7.99. The van der Waals surface area contributed by atoms with Crippen LogP contribution in [0.5, 0.6) is 0 Å². The van der Waals surface area contributed by atoms with Crippen molar-refractivity contribution in [2.24, 2.45) is 0 Å². The van der Waals surface area contributed by atoms with Crippen LogP contribution in [0.25, 0.3) is 10.1 Å². The molecule has 1 aromatic heterocycles. The fourth-order valence-corrected chi connectivity index (χ4v) is 3.72. The summed E-state index contributed by atoms with van der Waals surface area (Å²) in [5.41, 5.74) is -0.987. The smallest absolute Gasteiger partial charge is 0.264 e. The number of hydrogen-bond donors (Lipinski definition) is 1. The summed E-state index contributed by atoms with van der Waals surface area (Å²) in [6.07, 6.45) is 0. The van der Waals surface area contributed by atoms with Crippen molar-refractivity contribution in [1.82, 2.24) is 10.2 Å². The molecule has 1 atom stereocenters. The number of likely N-dealkylation sites (N-methyl/N-ethyl adjacent to an activating group) is 1. The maximum Gasteiger partial charge on any atom is 0.264 e. The summed E-state index contributed by atoms with van der Waals surface area (Å²) in [5, 5.41) is 3.66. The van der Waals surface area contributed by atoms with Crippen molar-refractivity contribution in [2.75, 3.05) is 26.7 Å². The number of carbonyl (C=O) groups excluding carboxylic acids is 2. The van der Waals surface area contributed by atoms with E-state index in [1.165, 1.54) is 11.3 Å². The van der Waals surface area contributed by atoms with E-state index in [-0.39, 0.29) is 18.4 Å². The highest BCUT2D eigenvalue weighted by molar-refractivity contribution is 7.20. The molecular formula is C16H18N2O3S. The van der Waals surface area contributed by atoms with Crippen molar-refractivity contribution >= 4 is 33.2 Å². The number of hydrogen-bond acceptors (Lipinski definition) is 4. The van der Waals surface area contributed by atoms with Crippen LogP contribution in [-0.2, 0) is 9.53 Å². The van der Waals surface area contributed by atoms with Gasteiger partial charge in [-0.25, -0.2) is 0 Å². The molecule has 0 radical (unpaired) electrons. The van der Waals surface area contributed by atoms with Gasteiger partial charge in [0.1, 0.15) is 0 Å². The van der Waals surface area contributed by atoms with Gasteiger partial charge in [-0.15, -0.1) is 11.3 Å². The van der Waals surface area contributed by atoms with Crippen LogP contribution in [0, 0.1) is 0 Å². The summed E-state index contributed by atoms with van der Waals surface area (Å²) >= 11 is 1.48. The van der Waals surface area contributed by atoms with E-state index < -0.39 is 5.60 Å². The minimum absolute atomic E-state index is 0.0420. The lowest BCUT2D eigenvalue weighted by Crippen LogP contribution is -2.58. The van der Waals surface area contributed by atoms with Gasteiger partial charge in [0.2, 0.25) is 0 Å². The molecule has 22 heavy (non-hydrogen) atoms. The van der Waals surface area contributed by atoms with Crippen LogP contribution in [0.1, 0.15) is 16.6 Å².